The first-order valence-electron chi connectivity index (χ1n) is 7.51. The third-order valence-electron chi connectivity index (χ3n) is 3.75. The molecule has 1 aliphatic carbocycles. The fraction of sp³-hybridized carbons (Fsp3) is 0.294. The minimum Gasteiger partial charge on any atom is -0.451 e. The number of benzene rings is 1. The van der Waals surface area contributed by atoms with E-state index in [0.29, 0.717) is 10.8 Å². The zero-order valence-corrected chi connectivity index (χ0v) is 16.6. The van der Waals surface area contributed by atoms with Gasteiger partial charge in [0, 0.05) is 4.47 Å². The van der Waals surface area contributed by atoms with Crippen LogP contribution >= 0.6 is 43.2 Å². The van der Waals surface area contributed by atoms with E-state index >= 15 is 0 Å². The second-order valence-electron chi connectivity index (χ2n) is 5.60. The van der Waals surface area contributed by atoms with Gasteiger partial charge in [0.05, 0.1) is 9.83 Å². The van der Waals surface area contributed by atoms with Crippen LogP contribution in [-0.4, -0.2) is 18.5 Å². The molecule has 1 unspecified atom stereocenters. The van der Waals surface area contributed by atoms with E-state index in [2.05, 4.69) is 37.2 Å². The number of thiophene rings is 1. The molecule has 0 spiro atoms. The van der Waals surface area contributed by atoms with Gasteiger partial charge in [0.25, 0.3) is 5.91 Å². The van der Waals surface area contributed by atoms with Gasteiger partial charge in [0.1, 0.15) is 4.88 Å². The zero-order valence-electron chi connectivity index (χ0n) is 12.6. The average molecular weight is 473 g/mol. The minimum absolute atomic E-state index is 0.0116. The Labute approximate surface area is 160 Å². The Morgan fingerprint density at radius 3 is 2.54 bits per heavy atom. The molecule has 1 fully saturated rings. The van der Waals surface area contributed by atoms with Crippen LogP contribution in [0.1, 0.15) is 34.1 Å². The van der Waals surface area contributed by atoms with Gasteiger partial charge in [-0.25, -0.2) is 4.79 Å². The van der Waals surface area contributed by atoms with Crippen LogP contribution in [0.15, 0.2) is 44.7 Å². The Morgan fingerprint density at radius 2 is 1.96 bits per heavy atom. The van der Waals surface area contributed by atoms with Crippen molar-refractivity contribution in [3.05, 3.63) is 55.1 Å². The number of carbonyl (C=O) groups excluding carboxylic acids is 2. The molecule has 1 amide bonds. The van der Waals surface area contributed by atoms with Crippen molar-refractivity contribution in [3.63, 3.8) is 0 Å². The van der Waals surface area contributed by atoms with Crippen molar-refractivity contribution >= 4 is 55.1 Å². The summed E-state index contributed by atoms with van der Waals surface area (Å²) >= 11 is 7.92. The van der Waals surface area contributed by atoms with Crippen molar-refractivity contribution in [2.45, 2.75) is 18.9 Å². The average Bonchev–Trinajstić information content (AvgIpc) is 3.37. The Kier molecular flexibility index (Phi) is 5.73. The van der Waals surface area contributed by atoms with Gasteiger partial charge < -0.3 is 10.1 Å². The first kappa shape index (κ1) is 17.6. The SMILES string of the molecule is O=C(COC(=O)c1cc(Br)c(Br)s1)NC(c1ccccc1)C1CC1. The van der Waals surface area contributed by atoms with Gasteiger partial charge in [-0.05, 0) is 62.2 Å². The normalized spacial score (nSPS) is 14.9. The molecular weight excluding hydrogens is 458 g/mol. The highest BCUT2D eigenvalue weighted by molar-refractivity contribution is 9.13. The molecule has 3 rings (SSSR count). The lowest BCUT2D eigenvalue weighted by Crippen LogP contribution is -2.33. The number of ether oxygens (including phenoxy) is 1. The highest BCUT2D eigenvalue weighted by Gasteiger charge is 2.33. The summed E-state index contributed by atoms with van der Waals surface area (Å²) in [6.07, 6.45) is 2.22. The number of halogens is 2. The quantitative estimate of drug-likeness (QED) is 0.620. The maximum Gasteiger partial charge on any atom is 0.348 e. The monoisotopic (exact) mass is 471 g/mol. The topological polar surface area (TPSA) is 55.4 Å². The minimum atomic E-state index is -0.496. The number of amides is 1. The van der Waals surface area contributed by atoms with Crippen LogP contribution in [0, 0.1) is 5.92 Å². The number of hydrogen-bond acceptors (Lipinski definition) is 4. The molecule has 1 atom stereocenters. The summed E-state index contributed by atoms with van der Waals surface area (Å²) in [4.78, 5) is 24.6. The van der Waals surface area contributed by atoms with Gasteiger partial charge in [0.2, 0.25) is 0 Å². The third kappa shape index (κ3) is 4.46. The first-order chi connectivity index (χ1) is 11.5. The van der Waals surface area contributed by atoms with Crippen LogP contribution in [0.3, 0.4) is 0 Å². The Morgan fingerprint density at radius 1 is 1.25 bits per heavy atom. The summed E-state index contributed by atoms with van der Waals surface area (Å²) in [6.45, 7) is -0.276. The van der Waals surface area contributed by atoms with Gasteiger partial charge >= 0.3 is 5.97 Å². The molecule has 0 aliphatic heterocycles. The smallest absolute Gasteiger partial charge is 0.348 e. The molecule has 1 saturated carbocycles. The van der Waals surface area contributed by atoms with Gasteiger partial charge in [0.15, 0.2) is 6.61 Å². The van der Waals surface area contributed by atoms with Gasteiger partial charge in [-0.3, -0.25) is 4.79 Å². The third-order valence-corrected chi connectivity index (χ3v) is 6.99. The lowest BCUT2D eigenvalue weighted by atomic mass is 10.0. The van der Waals surface area contributed by atoms with Crippen molar-refractivity contribution in [1.29, 1.82) is 0 Å². The number of rotatable bonds is 6. The molecule has 0 bridgehead atoms. The summed E-state index contributed by atoms with van der Waals surface area (Å²) < 4.78 is 6.72. The molecule has 0 saturated heterocycles. The van der Waals surface area contributed by atoms with Crippen LogP contribution in [0.25, 0.3) is 0 Å². The van der Waals surface area contributed by atoms with E-state index < -0.39 is 5.97 Å². The standard InChI is InChI=1S/C17H15Br2NO3S/c18-12-8-13(24-16(12)19)17(22)23-9-14(21)20-15(11-6-7-11)10-4-2-1-3-5-10/h1-5,8,11,15H,6-7,9H2,(H,20,21). The predicted octanol–water partition coefficient (Wildman–Crippen LogP) is 4.70. The molecule has 2 aromatic rings. The van der Waals surface area contributed by atoms with E-state index in [1.165, 1.54) is 11.3 Å². The molecular formula is C17H15Br2NO3S. The molecule has 1 aromatic heterocycles. The van der Waals surface area contributed by atoms with Crippen LogP contribution in [0.2, 0.25) is 0 Å². The van der Waals surface area contributed by atoms with Crippen molar-refractivity contribution < 1.29 is 14.3 Å². The fourth-order valence-electron chi connectivity index (χ4n) is 2.43. The molecule has 1 heterocycles. The van der Waals surface area contributed by atoms with Crippen LogP contribution < -0.4 is 5.32 Å². The van der Waals surface area contributed by atoms with Crippen LogP contribution in [0.4, 0.5) is 0 Å². The number of hydrogen-bond donors (Lipinski definition) is 1. The Bertz CT molecular complexity index is 724. The largest absolute Gasteiger partial charge is 0.451 e. The maximum absolute atomic E-state index is 12.2. The summed E-state index contributed by atoms with van der Waals surface area (Å²) in [7, 11) is 0. The van der Waals surface area contributed by atoms with Crippen molar-refractivity contribution in [2.75, 3.05) is 6.61 Å². The van der Waals surface area contributed by atoms with Crippen molar-refractivity contribution in [2.24, 2.45) is 5.92 Å². The van der Waals surface area contributed by atoms with Crippen molar-refractivity contribution in [1.82, 2.24) is 5.32 Å². The summed E-state index contributed by atoms with van der Waals surface area (Å²) in [6, 6.07) is 11.6. The summed E-state index contributed by atoms with van der Waals surface area (Å²) in [5.74, 6) is -0.306. The van der Waals surface area contributed by atoms with E-state index in [1.807, 2.05) is 30.3 Å². The molecule has 1 N–H and O–H groups in total. The van der Waals surface area contributed by atoms with E-state index in [1.54, 1.807) is 6.07 Å². The molecule has 1 aromatic carbocycles. The fourth-order valence-corrected chi connectivity index (χ4v) is 4.36. The van der Waals surface area contributed by atoms with Gasteiger partial charge in [-0.2, -0.15) is 0 Å². The van der Waals surface area contributed by atoms with E-state index in [9.17, 15) is 9.59 Å². The zero-order chi connectivity index (χ0) is 17.1. The molecule has 7 heteroatoms. The molecule has 0 radical (unpaired) electrons. The second kappa shape index (κ2) is 7.80. The van der Waals surface area contributed by atoms with E-state index in [-0.39, 0.29) is 18.6 Å². The molecule has 4 nitrogen and oxygen atoms in total. The van der Waals surface area contributed by atoms with Crippen LogP contribution in [0.5, 0.6) is 0 Å². The van der Waals surface area contributed by atoms with Crippen LogP contribution in [-0.2, 0) is 9.53 Å². The predicted molar refractivity (Wildman–Crippen MR) is 100 cm³/mol. The van der Waals surface area contributed by atoms with Gasteiger partial charge in [-0.1, -0.05) is 30.3 Å². The second-order valence-corrected chi connectivity index (χ2v) is 8.83. The Hall–Kier alpha value is -1.18. The number of esters is 1. The number of nitrogens with one attached hydrogen (secondary N) is 1. The lowest BCUT2D eigenvalue weighted by molar-refractivity contribution is -0.125. The number of carbonyl (C=O) groups is 2. The van der Waals surface area contributed by atoms with E-state index in [0.717, 1.165) is 26.7 Å². The molecule has 1 aliphatic rings. The molecule has 126 valence electrons. The highest BCUT2D eigenvalue weighted by atomic mass is 79.9. The first-order valence-corrected chi connectivity index (χ1v) is 9.91. The summed E-state index contributed by atoms with van der Waals surface area (Å²) in [5, 5.41) is 2.99. The van der Waals surface area contributed by atoms with Crippen molar-refractivity contribution in [3.8, 4) is 0 Å². The summed E-state index contributed by atoms with van der Waals surface area (Å²) in [5.41, 5.74) is 1.09. The van der Waals surface area contributed by atoms with E-state index in [4.69, 9.17) is 4.74 Å². The Balaban J connectivity index is 1.55. The maximum atomic E-state index is 12.2. The highest BCUT2D eigenvalue weighted by Crippen LogP contribution is 2.40. The molecule has 24 heavy (non-hydrogen) atoms. The van der Waals surface area contributed by atoms with Gasteiger partial charge in [-0.15, -0.1) is 11.3 Å². The lowest BCUT2D eigenvalue weighted by Gasteiger charge is -2.18.